The Morgan fingerprint density at radius 1 is 0.880 bits per heavy atom. The minimum absolute atomic E-state index is 0.0965. The Morgan fingerprint density at radius 2 is 1.52 bits per heavy atom. The van der Waals surface area contributed by atoms with Crippen molar-refractivity contribution in [3.63, 3.8) is 0 Å². The Morgan fingerprint density at radius 3 is 2.20 bits per heavy atom. The van der Waals surface area contributed by atoms with E-state index in [-0.39, 0.29) is 5.91 Å². The van der Waals surface area contributed by atoms with Crippen molar-refractivity contribution in [2.45, 2.75) is 52.4 Å². The van der Waals surface area contributed by atoms with Crippen LogP contribution in [0.3, 0.4) is 0 Å². The quantitative estimate of drug-likeness (QED) is 0.540. The predicted octanol–water partition coefficient (Wildman–Crippen LogP) is 5.99. The largest absolute Gasteiger partial charge is 0.494 e. The minimum atomic E-state index is -0.0965. The molecule has 3 heteroatoms. The zero-order valence-electron chi connectivity index (χ0n) is 15.4. The Balaban J connectivity index is 1.72. The second-order valence-electron chi connectivity index (χ2n) is 6.46. The molecular formula is C22H29NO2. The maximum absolute atomic E-state index is 12.2. The van der Waals surface area contributed by atoms with Gasteiger partial charge in [-0.05, 0) is 49.7 Å². The molecule has 0 unspecified atom stereocenters. The van der Waals surface area contributed by atoms with E-state index in [1.807, 2.05) is 55.5 Å². The predicted molar refractivity (Wildman–Crippen MR) is 104 cm³/mol. The maximum Gasteiger partial charge on any atom is 0.255 e. The smallest absolute Gasteiger partial charge is 0.255 e. The molecule has 0 aliphatic rings. The lowest BCUT2D eigenvalue weighted by Gasteiger charge is -2.09. The lowest BCUT2D eigenvalue weighted by atomic mass is 10.1. The first-order valence-corrected chi connectivity index (χ1v) is 9.30. The van der Waals surface area contributed by atoms with Crippen LogP contribution < -0.4 is 10.1 Å². The van der Waals surface area contributed by atoms with Crippen molar-refractivity contribution in [2.24, 2.45) is 0 Å². The summed E-state index contributed by atoms with van der Waals surface area (Å²) in [6.45, 7) is 4.99. The molecule has 0 spiro atoms. The van der Waals surface area contributed by atoms with Gasteiger partial charge in [0.1, 0.15) is 5.75 Å². The highest BCUT2D eigenvalue weighted by molar-refractivity contribution is 6.04. The van der Waals surface area contributed by atoms with Gasteiger partial charge in [-0.15, -0.1) is 0 Å². The fraction of sp³-hybridized carbons (Fsp3) is 0.409. The fourth-order valence-electron chi connectivity index (χ4n) is 2.62. The molecule has 2 aromatic rings. The number of aryl methyl sites for hydroxylation is 1. The molecule has 0 saturated carbocycles. The number of nitrogens with one attached hydrogen (secondary N) is 1. The highest BCUT2D eigenvalue weighted by Gasteiger charge is 2.05. The van der Waals surface area contributed by atoms with Gasteiger partial charge in [0, 0.05) is 11.3 Å². The van der Waals surface area contributed by atoms with Crippen molar-refractivity contribution in [3.8, 4) is 5.75 Å². The highest BCUT2D eigenvalue weighted by atomic mass is 16.5. The summed E-state index contributed by atoms with van der Waals surface area (Å²) >= 11 is 0. The summed E-state index contributed by atoms with van der Waals surface area (Å²) in [5.41, 5.74) is 2.58. The van der Waals surface area contributed by atoms with E-state index in [0.29, 0.717) is 5.56 Å². The van der Waals surface area contributed by atoms with Crippen LogP contribution in [0.25, 0.3) is 0 Å². The summed E-state index contributed by atoms with van der Waals surface area (Å²) in [5.74, 6) is 0.752. The summed E-state index contributed by atoms with van der Waals surface area (Å²) < 4.78 is 5.76. The number of amides is 1. The van der Waals surface area contributed by atoms with E-state index in [9.17, 15) is 4.79 Å². The number of carbonyl (C=O) groups is 1. The van der Waals surface area contributed by atoms with Gasteiger partial charge in [0.25, 0.3) is 5.91 Å². The van der Waals surface area contributed by atoms with E-state index in [4.69, 9.17) is 4.74 Å². The van der Waals surface area contributed by atoms with Crippen molar-refractivity contribution < 1.29 is 9.53 Å². The van der Waals surface area contributed by atoms with Crippen molar-refractivity contribution in [1.29, 1.82) is 0 Å². The second kappa shape index (κ2) is 10.5. The van der Waals surface area contributed by atoms with E-state index in [0.717, 1.165) is 30.0 Å². The summed E-state index contributed by atoms with van der Waals surface area (Å²) in [6.07, 6.45) is 7.55. The zero-order valence-corrected chi connectivity index (χ0v) is 15.4. The molecule has 1 N–H and O–H groups in total. The van der Waals surface area contributed by atoms with Crippen LogP contribution in [0, 0.1) is 6.92 Å². The third-order valence-electron chi connectivity index (χ3n) is 4.19. The molecule has 1 amide bonds. The van der Waals surface area contributed by atoms with E-state index in [1.165, 1.54) is 32.1 Å². The van der Waals surface area contributed by atoms with Gasteiger partial charge in [-0.1, -0.05) is 56.7 Å². The van der Waals surface area contributed by atoms with Crippen LogP contribution in [-0.4, -0.2) is 12.5 Å². The molecule has 0 atom stereocenters. The van der Waals surface area contributed by atoms with Crippen LogP contribution in [-0.2, 0) is 0 Å². The molecule has 2 aromatic carbocycles. The van der Waals surface area contributed by atoms with E-state index < -0.39 is 0 Å². The van der Waals surface area contributed by atoms with Gasteiger partial charge in [0.05, 0.1) is 6.61 Å². The lowest BCUT2D eigenvalue weighted by molar-refractivity contribution is 0.102. The number of anilines is 1. The average Bonchev–Trinajstić information content (AvgIpc) is 2.63. The summed E-state index contributed by atoms with van der Waals surface area (Å²) in [4.78, 5) is 12.2. The zero-order chi connectivity index (χ0) is 17.9. The Labute approximate surface area is 151 Å². The molecule has 0 fully saturated rings. The number of ether oxygens (including phenoxy) is 1. The third-order valence-corrected chi connectivity index (χ3v) is 4.19. The van der Waals surface area contributed by atoms with Gasteiger partial charge in [-0.2, -0.15) is 0 Å². The fourth-order valence-corrected chi connectivity index (χ4v) is 2.62. The maximum atomic E-state index is 12.2. The number of unbranched alkanes of at least 4 members (excludes halogenated alkanes) is 5. The summed E-state index contributed by atoms with van der Waals surface area (Å²) in [7, 11) is 0. The van der Waals surface area contributed by atoms with Gasteiger partial charge in [0.2, 0.25) is 0 Å². The van der Waals surface area contributed by atoms with Crippen molar-refractivity contribution >= 4 is 11.6 Å². The Kier molecular flexibility index (Phi) is 8.03. The molecule has 0 bridgehead atoms. The molecule has 0 aromatic heterocycles. The number of hydrogen-bond donors (Lipinski definition) is 1. The number of carbonyl (C=O) groups excluding carboxylic acids is 1. The molecular weight excluding hydrogens is 310 g/mol. The van der Waals surface area contributed by atoms with Crippen LogP contribution in [0.15, 0.2) is 48.5 Å². The van der Waals surface area contributed by atoms with Crippen molar-refractivity contribution in [2.75, 3.05) is 11.9 Å². The normalized spacial score (nSPS) is 10.5. The molecule has 0 saturated heterocycles. The second-order valence-corrected chi connectivity index (χ2v) is 6.46. The van der Waals surface area contributed by atoms with Crippen LogP contribution in [0.5, 0.6) is 5.75 Å². The van der Waals surface area contributed by atoms with Crippen molar-refractivity contribution in [3.05, 3.63) is 59.7 Å². The molecule has 2 rings (SSSR count). The highest BCUT2D eigenvalue weighted by Crippen LogP contribution is 2.17. The molecule has 0 radical (unpaired) electrons. The van der Waals surface area contributed by atoms with Crippen molar-refractivity contribution in [1.82, 2.24) is 0 Å². The molecule has 134 valence electrons. The van der Waals surface area contributed by atoms with Crippen LogP contribution in [0.2, 0.25) is 0 Å². The van der Waals surface area contributed by atoms with Crippen LogP contribution in [0.1, 0.15) is 61.4 Å². The van der Waals surface area contributed by atoms with E-state index >= 15 is 0 Å². The Bertz CT molecular complexity index is 632. The van der Waals surface area contributed by atoms with Gasteiger partial charge in [-0.3, -0.25) is 4.79 Å². The van der Waals surface area contributed by atoms with Gasteiger partial charge < -0.3 is 10.1 Å². The SMILES string of the molecule is CCCCCCCCOc1ccc(NC(=O)c2ccc(C)cc2)cc1. The van der Waals surface area contributed by atoms with E-state index in [2.05, 4.69) is 12.2 Å². The molecule has 0 aliphatic carbocycles. The molecule has 3 nitrogen and oxygen atoms in total. The molecule has 0 aliphatic heterocycles. The Hall–Kier alpha value is -2.29. The third kappa shape index (κ3) is 7.00. The monoisotopic (exact) mass is 339 g/mol. The summed E-state index contributed by atoms with van der Waals surface area (Å²) in [6, 6.07) is 15.1. The first-order chi connectivity index (χ1) is 12.2. The number of rotatable bonds is 10. The topological polar surface area (TPSA) is 38.3 Å². The average molecular weight is 339 g/mol. The van der Waals surface area contributed by atoms with Gasteiger partial charge in [-0.25, -0.2) is 0 Å². The first-order valence-electron chi connectivity index (χ1n) is 9.30. The first kappa shape index (κ1) is 19.0. The van der Waals surface area contributed by atoms with Crippen LogP contribution >= 0.6 is 0 Å². The lowest BCUT2D eigenvalue weighted by Crippen LogP contribution is -2.11. The van der Waals surface area contributed by atoms with Crippen LogP contribution in [0.4, 0.5) is 5.69 Å². The van der Waals surface area contributed by atoms with Gasteiger partial charge in [0.15, 0.2) is 0 Å². The number of benzene rings is 2. The van der Waals surface area contributed by atoms with Gasteiger partial charge >= 0.3 is 0 Å². The minimum Gasteiger partial charge on any atom is -0.494 e. The number of hydrogen-bond acceptors (Lipinski definition) is 2. The molecule has 25 heavy (non-hydrogen) atoms. The molecule has 0 heterocycles. The van der Waals surface area contributed by atoms with E-state index in [1.54, 1.807) is 0 Å². The summed E-state index contributed by atoms with van der Waals surface area (Å²) in [5, 5.41) is 2.91. The standard InChI is InChI=1S/C22H29NO2/c1-3-4-5-6-7-8-17-25-21-15-13-20(14-16-21)23-22(24)19-11-9-18(2)10-12-19/h9-16H,3-8,17H2,1-2H3,(H,23,24).